The van der Waals surface area contributed by atoms with Crippen LogP contribution in [-0.4, -0.2) is 18.0 Å². The van der Waals surface area contributed by atoms with Crippen LogP contribution in [0.15, 0.2) is 23.9 Å². The molecule has 0 radical (unpaired) electrons. The summed E-state index contributed by atoms with van der Waals surface area (Å²) in [5.41, 5.74) is 1.40. The van der Waals surface area contributed by atoms with E-state index >= 15 is 0 Å². The minimum atomic E-state index is 1.13. The Kier molecular flexibility index (Phi) is 4.66. The zero-order valence-corrected chi connectivity index (χ0v) is 8.92. The largest absolute Gasteiger partial charge is 0.372 e. The third-order valence-electron chi connectivity index (χ3n) is 2.54. The van der Waals surface area contributed by atoms with E-state index in [9.17, 15) is 0 Å². The van der Waals surface area contributed by atoms with Crippen LogP contribution < -0.4 is 0 Å². The smallest absolute Gasteiger partial charge is 0.0319 e. The summed E-state index contributed by atoms with van der Waals surface area (Å²) in [6, 6.07) is 0. The average molecular weight is 179 g/mol. The molecule has 0 aromatic carbocycles. The first-order valence-corrected chi connectivity index (χ1v) is 5.46. The minimum absolute atomic E-state index is 1.13. The molecule has 1 aliphatic rings. The molecule has 1 saturated heterocycles. The van der Waals surface area contributed by atoms with Crippen LogP contribution in [0.5, 0.6) is 0 Å². The fraction of sp³-hybridized carbons (Fsp3) is 0.667. The van der Waals surface area contributed by atoms with Crippen molar-refractivity contribution >= 4 is 0 Å². The zero-order chi connectivity index (χ0) is 9.52. The lowest BCUT2D eigenvalue weighted by molar-refractivity contribution is 0.292. The standard InChI is InChI=1S/C12H21N/c1-3-5-9-12(4-2)13-10-7-6-8-11-13/h4-5,9H,3,6-8,10-11H2,1-2H3/b9-5-,12-4+. The molecule has 1 fully saturated rings. The van der Waals surface area contributed by atoms with Crippen LogP contribution in [0, 0.1) is 0 Å². The molecule has 74 valence electrons. The van der Waals surface area contributed by atoms with E-state index in [-0.39, 0.29) is 0 Å². The maximum atomic E-state index is 2.50. The van der Waals surface area contributed by atoms with Gasteiger partial charge in [0.15, 0.2) is 0 Å². The van der Waals surface area contributed by atoms with Crippen molar-refractivity contribution in [2.45, 2.75) is 39.5 Å². The SMILES string of the molecule is C/C=C(\C=C/CC)N1CCCCC1. The highest BCUT2D eigenvalue weighted by Gasteiger charge is 2.09. The molecule has 0 aliphatic carbocycles. The summed E-state index contributed by atoms with van der Waals surface area (Å²) in [7, 11) is 0. The van der Waals surface area contributed by atoms with Gasteiger partial charge < -0.3 is 4.90 Å². The third kappa shape index (κ3) is 3.25. The fourth-order valence-corrected chi connectivity index (χ4v) is 1.77. The van der Waals surface area contributed by atoms with Crippen LogP contribution in [0.25, 0.3) is 0 Å². The van der Waals surface area contributed by atoms with Crippen molar-refractivity contribution in [3.8, 4) is 0 Å². The predicted molar refractivity (Wildman–Crippen MR) is 58.6 cm³/mol. The number of piperidine rings is 1. The van der Waals surface area contributed by atoms with Gasteiger partial charge >= 0.3 is 0 Å². The van der Waals surface area contributed by atoms with Crippen molar-refractivity contribution in [3.05, 3.63) is 23.9 Å². The molecule has 0 atom stereocenters. The second-order valence-corrected chi connectivity index (χ2v) is 3.57. The summed E-state index contributed by atoms with van der Waals surface area (Å²) in [4.78, 5) is 2.50. The molecule has 0 spiro atoms. The molecule has 0 N–H and O–H groups in total. The zero-order valence-electron chi connectivity index (χ0n) is 8.92. The number of rotatable bonds is 3. The number of likely N-dealkylation sites (tertiary alicyclic amines) is 1. The first-order valence-electron chi connectivity index (χ1n) is 5.46. The van der Waals surface area contributed by atoms with Gasteiger partial charge in [-0.2, -0.15) is 0 Å². The minimum Gasteiger partial charge on any atom is -0.372 e. The monoisotopic (exact) mass is 179 g/mol. The first kappa shape index (κ1) is 10.4. The summed E-state index contributed by atoms with van der Waals surface area (Å²) >= 11 is 0. The third-order valence-corrected chi connectivity index (χ3v) is 2.54. The van der Waals surface area contributed by atoms with Crippen LogP contribution in [0.4, 0.5) is 0 Å². The van der Waals surface area contributed by atoms with E-state index in [1.54, 1.807) is 0 Å². The lowest BCUT2D eigenvalue weighted by atomic mass is 10.1. The highest BCUT2D eigenvalue weighted by Crippen LogP contribution is 2.15. The van der Waals surface area contributed by atoms with E-state index in [1.165, 1.54) is 38.0 Å². The van der Waals surface area contributed by atoms with E-state index < -0.39 is 0 Å². The van der Waals surface area contributed by atoms with Crippen molar-refractivity contribution in [1.29, 1.82) is 0 Å². The lowest BCUT2D eigenvalue weighted by Gasteiger charge is -2.29. The molecule has 13 heavy (non-hydrogen) atoms. The van der Waals surface area contributed by atoms with Gasteiger partial charge in [0.05, 0.1) is 0 Å². The van der Waals surface area contributed by atoms with Gasteiger partial charge in [-0.15, -0.1) is 0 Å². The molecule has 0 unspecified atom stereocenters. The Bertz CT molecular complexity index is 185. The molecule has 0 aromatic heterocycles. The van der Waals surface area contributed by atoms with Crippen molar-refractivity contribution in [2.24, 2.45) is 0 Å². The topological polar surface area (TPSA) is 3.24 Å². The number of hydrogen-bond donors (Lipinski definition) is 0. The predicted octanol–water partition coefficient (Wildman–Crippen LogP) is 3.34. The lowest BCUT2D eigenvalue weighted by Crippen LogP contribution is -2.28. The molecule has 1 heterocycles. The van der Waals surface area contributed by atoms with Gasteiger partial charge in [0.1, 0.15) is 0 Å². The second-order valence-electron chi connectivity index (χ2n) is 3.57. The average Bonchev–Trinajstić information content (AvgIpc) is 2.21. The normalized spacial score (nSPS) is 19.8. The fourth-order valence-electron chi connectivity index (χ4n) is 1.77. The Labute approximate surface area is 82.1 Å². The maximum Gasteiger partial charge on any atom is 0.0319 e. The van der Waals surface area contributed by atoms with Crippen LogP contribution >= 0.6 is 0 Å². The Morgan fingerprint density at radius 2 is 1.92 bits per heavy atom. The first-order chi connectivity index (χ1) is 6.38. The van der Waals surface area contributed by atoms with Gasteiger partial charge in [-0.3, -0.25) is 0 Å². The maximum absolute atomic E-state index is 2.50. The van der Waals surface area contributed by atoms with Gasteiger partial charge in [0, 0.05) is 18.8 Å². The van der Waals surface area contributed by atoms with Gasteiger partial charge in [-0.05, 0) is 38.7 Å². The number of allylic oxidation sites excluding steroid dienone is 3. The van der Waals surface area contributed by atoms with E-state index in [4.69, 9.17) is 0 Å². The summed E-state index contributed by atoms with van der Waals surface area (Å²) in [6.45, 7) is 6.80. The molecule has 1 heteroatoms. The number of hydrogen-bond acceptors (Lipinski definition) is 1. The summed E-state index contributed by atoms with van der Waals surface area (Å²) < 4.78 is 0. The van der Waals surface area contributed by atoms with Gasteiger partial charge in [0.2, 0.25) is 0 Å². The summed E-state index contributed by atoms with van der Waals surface area (Å²) in [6.07, 6.45) is 12.0. The van der Waals surface area contributed by atoms with E-state index in [1.807, 2.05) is 0 Å². The van der Waals surface area contributed by atoms with Gasteiger partial charge in [0.25, 0.3) is 0 Å². The van der Waals surface area contributed by atoms with E-state index in [0.29, 0.717) is 0 Å². The highest BCUT2D eigenvalue weighted by atomic mass is 15.1. The molecule has 1 aliphatic heterocycles. The summed E-state index contributed by atoms with van der Waals surface area (Å²) in [5, 5.41) is 0. The van der Waals surface area contributed by atoms with Crippen LogP contribution in [0.1, 0.15) is 39.5 Å². The van der Waals surface area contributed by atoms with E-state index in [0.717, 1.165) is 6.42 Å². The van der Waals surface area contributed by atoms with Crippen LogP contribution in [-0.2, 0) is 0 Å². The molecule has 1 rings (SSSR count). The van der Waals surface area contributed by atoms with Crippen molar-refractivity contribution in [3.63, 3.8) is 0 Å². The van der Waals surface area contributed by atoms with Crippen molar-refractivity contribution in [1.82, 2.24) is 4.90 Å². The van der Waals surface area contributed by atoms with Crippen LogP contribution in [0.2, 0.25) is 0 Å². The Morgan fingerprint density at radius 3 is 2.46 bits per heavy atom. The summed E-state index contributed by atoms with van der Waals surface area (Å²) in [5.74, 6) is 0. The van der Waals surface area contributed by atoms with Gasteiger partial charge in [-0.1, -0.05) is 19.1 Å². The van der Waals surface area contributed by atoms with Gasteiger partial charge in [-0.25, -0.2) is 0 Å². The Hall–Kier alpha value is -0.720. The molecule has 0 bridgehead atoms. The Balaban J connectivity index is 2.50. The molecular weight excluding hydrogens is 158 g/mol. The molecule has 1 nitrogen and oxygen atoms in total. The highest BCUT2D eigenvalue weighted by molar-refractivity contribution is 5.17. The molecule has 0 aromatic rings. The van der Waals surface area contributed by atoms with Crippen LogP contribution in [0.3, 0.4) is 0 Å². The van der Waals surface area contributed by atoms with Crippen molar-refractivity contribution < 1.29 is 0 Å². The van der Waals surface area contributed by atoms with Crippen molar-refractivity contribution in [2.75, 3.05) is 13.1 Å². The van der Waals surface area contributed by atoms with E-state index in [2.05, 4.69) is 37.0 Å². The number of nitrogens with zero attached hydrogens (tertiary/aromatic N) is 1. The molecular formula is C12H21N. The molecule has 0 saturated carbocycles. The quantitative estimate of drug-likeness (QED) is 0.601. The molecule has 0 amide bonds. The Morgan fingerprint density at radius 1 is 1.23 bits per heavy atom. The second kappa shape index (κ2) is 5.85.